The van der Waals surface area contributed by atoms with Gasteiger partial charge in [0.15, 0.2) is 0 Å². The van der Waals surface area contributed by atoms with Crippen LogP contribution in [-0.4, -0.2) is 11.0 Å². The molecule has 3 heteroatoms. The van der Waals surface area contributed by atoms with Crippen molar-refractivity contribution in [2.24, 2.45) is 0 Å². The van der Waals surface area contributed by atoms with Crippen molar-refractivity contribution < 1.29 is 9.53 Å². The molecule has 0 amide bonds. The standard InChI is InChI=1S/C8H5NO2/c1-2-8(10)11-7-5-3-4-6-9-7/h1,3-6H. The van der Waals surface area contributed by atoms with Crippen LogP contribution in [0.15, 0.2) is 24.4 Å². The Kier molecular flexibility index (Phi) is 2.24. The summed E-state index contributed by atoms with van der Waals surface area (Å²) >= 11 is 0. The van der Waals surface area contributed by atoms with Gasteiger partial charge >= 0.3 is 5.97 Å². The molecule has 0 aliphatic heterocycles. The fourth-order valence-electron chi connectivity index (χ4n) is 0.532. The van der Waals surface area contributed by atoms with Gasteiger partial charge in [-0.15, -0.1) is 6.42 Å². The van der Waals surface area contributed by atoms with E-state index in [0.717, 1.165) is 0 Å². The van der Waals surface area contributed by atoms with Crippen LogP contribution in [0.5, 0.6) is 5.88 Å². The number of nitrogens with zero attached hydrogens (tertiary/aromatic N) is 1. The maximum Gasteiger partial charge on any atom is 0.390 e. The second-order valence-electron chi connectivity index (χ2n) is 1.70. The zero-order chi connectivity index (χ0) is 8.10. The minimum Gasteiger partial charge on any atom is -0.398 e. The predicted octanol–water partition coefficient (Wildman–Crippen LogP) is 0.620. The summed E-state index contributed by atoms with van der Waals surface area (Å²) in [6, 6.07) is 4.97. The van der Waals surface area contributed by atoms with E-state index in [0.29, 0.717) is 0 Å². The van der Waals surface area contributed by atoms with Gasteiger partial charge in [0.05, 0.1) is 0 Å². The number of hydrogen-bond donors (Lipinski definition) is 0. The highest BCUT2D eigenvalue weighted by Crippen LogP contribution is 2.02. The highest BCUT2D eigenvalue weighted by Gasteiger charge is 1.98. The molecule has 0 spiro atoms. The largest absolute Gasteiger partial charge is 0.398 e. The number of rotatable bonds is 1. The van der Waals surface area contributed by atoms with Gasteiger partial charge in [0, 0.05) is 18.2 Å². The Hall–Kier alpha value is -1.82. The number of esters is 1. The first-order valence-electron chi connectivity index (χ1n) is 2.92. The fourth-order valence-corrected chi connectivity index (χ4v) is 0.532. The Balaban J connectivity index is 2.67. The summed E-state index contributed by atoms with van der Waals surface area (Å²) in [7, 11) is 0. The van der Waals surface area contributed by atoms with Crippen LogP contribution in [0.2, 0.25) is 0 Å². The van der Waals surface area contributed by atoms with Crippen molar-refractivity contribution in [3.8, 4) is 18.2 Å². The van der Waals surface area contributed by atoms with Crippen LogP contribution in [0.25, 0.3) is 0 Å². The number of ether oxygens (including phenoxy) is 1. The Labute approximate surface area is 64.0 Å². The average Bonchev–Trinajstić information content (AvgIpc) is 2.06. The molecule has 0 atom stereocenters. The molecule has 0 saturated carbocycles. The lowest BCUT2D eigenvalue weighted by molar-refractivity contribution is -0.128. The van der Waals surface area contributed by atoms with Gasteiger partial charge in [-0.1, -0.05) is 6.07 Å². The summed E-state index contributed by atoms with van der Waals surface area (Å²) < 4.78 is 4.58. The highest BCUT2D eigenvalue weighted by molar-refractivity contribution is 5.89. The highest BCUT2D eigenvalue weighted by atomic mass is 16.5. The zero-order valence-electron chi connectivity index (χ0n) is 5.65. The van der Waals surface area contributed by atoms with E-state index >= 15 is 0 Å². The van der Waals surface area contributed by atoms with E-state index in [1.54, 1.807) is 18.2 Å². The molecule has 0 N–H and O–H groups in total. The molecular weight excluding hydrogens is 142 g/mol. The number of terminal acetylenes is 1. The van der Waals surface area contributed by atoms with E-state index in [1.165, 1.54) is 6.20 Å². The quantitative estimate of drug-likeness (QED) is 0.332. The molecule has 0 aliphatic rings. The van der Waals surface area contributed by atoms with Crippen LogP contribution in [-0.2, 0) is 4.79 Å². The Morgan fingerprint density at radius 1 is 1.64 bits per heavy atom. The van der Waals surface area contributed by atoms with E-state index in [9.17, 15) is 4.79 Å². The molecule has 1 aromatic rings. The summed E-state index contributed by atoms with van der Waals surface area (Å²) in [6.45, 7) is 0. The summed E-state index contributed by atoms with van der Waals surface area (Å²) in [5, 5.41) is 0. The Morgan fingerprint density at radius 3 is 3.00 bits per heavy atom. The average molecular weight is 147 g/mol. The Bertz CT molecular complexity index is 287. The molecule has 1 aromatic heterocycles. The second kappa shape index (κ2) is 3.37. The van der Waals surface area contributed by atoms with Crippen LogP contribution in [0.3, 0.4) is 0 Å². The van der Waals surface area contributed by atoms with Gasteiger partial charge in [0.2, 0.25) is 5.88 Å². The monoisotopic (exact) mass is 147 g/mol. The van der Waals surface area contributed by atoms with E-state index in [1.807, 2.05) is 5.92 Å². The summed E-state index contributed by atoms with van der Waals surface area (Å²) in [4.78, 5) is 14.2. The van der Waals surface area contributed by atoms with E-state index in [4.69, 9.17) is 6.42 Å². The van der Waals surface area contributed by atoms with Crippen molar-refractivity contribution in [2.45, 2.75) is 0 Å². The lowest BCUT2D eigenvalue weighted by Crippen LogP contribution is -2.04. The minimum atomic E-state index is -0.733. The molecule has 0 aromatic carbocycles. The first-order valence-corrected chi connectivity index (χ1v) is 2.92. The molecule has 0 unspecified atom stereocenters. The molecule has 11 heavy (non-hydrogen) atoms. The number of carbonyl (C=O) groups is 1. The summed E-state index contributed by atoms with van der Waals surface area (Å²) in [5.74, 6) is 1.30. The second-order valence-corrected chi connectivity index (χ2v) is 1.70. The van der Waals surface area contributed by atoms with Crippen LogP contribution < -0.4 is 4.74 Å². The first kappa shape index (κ1) is 7.29. The third-order valence-corrected chi connectivity index (χ3v) is 0.953. The number of aromatic nitrogens is 1. The van der Waals surface area contributed by atoms with Crippen molar-refractivity contribution in [2.75, 3.05) is 0 Å². The van der Waals surface area contributed by atoms with Crippen molar-refractivity contribution in [3.05, 3.63) is 24.4 Å². The van der Waals surface area contributed by atoms with Gasteiger partial charge in [0.25, 0.3) is 0 Å². The summed E-state index contributed by atoms with van der Waals surface area (Å²) in [6.07, 6.45) is 6.28. The third-order valence-electron chi connectivity index (χ3n) is 0.953. The maximum absolute atomic E-state index is 10.5. The molecule has 1 rings (SSSR count). The van der Waals surface area contributed by atoms with E-state index in [2.05, 4.69) is 9.72 Å². The van der Waals surface area contributed by atoms with Crippen LogP contribution >= 0.6 is 0 Å². The molecule has 0 saturated heterocycles. The molecule has 1 heterocycles. The van der Waals surface area contributed by atoms with E-state index in [-0.39, 0.29) is 5.88 Å². The van der Waals surface area contributed by atoms with Crippen LogP contribution in [0.4, 0.5) is 0 Å². The van der Waals surface area contributed by atoms with Gasteiger partial charge in [0.1, 0.15) is 0 Å². The maximum atomic E-state index is 10.5. The molecule has 54 valence electrons. The molecule has 0 bridgehead atoms. The molecule has 0 radical (unpaired) electrons. The SMILES string of the molecule is C#CC(=O)Oc1ccccn1. The smallest absolute Gasteiger partial charge is 0.390 e. The van der Waals surface area contributed by atoms with Gasteiger partial charge in [-0.05, 0) is 6.07 Å². The van der Waals surface area contributed by atoms with Crippen LogP contribution in [0, 0.1) is 12.3 Å². The van der Waals surface area contributed by atoms with Gasteiger partial charge in [-0.2, -0.15) is 0 Å². The lowest BCUT2D eigenvalue weighted by Gasteiger charge is -1.95. The number of hydrogen-bond acceptors (Lipinski definition) is 3. The van der Waals surface area contributed by atoms with Crippen LogP contribution in [0.1, 0.15) is 0 Å². The Morgan fingerprint density at radius 2 is 2.45 bits per heavy atom. The minimum absolute atomic E-state index is 0.218. The number of pyridine rings is 1. The first-order chi connectivity index (χ1) is 5.33. The zero-order valence-corrected chi connectivity index (χ0v) is 5.65. The predicted molar refractivity (Wildman–Crippen MR) is 38.7 cm³/mol. The van der Waals surface area contributed by atoms with E-state index < -0.39 is 5.97 Å². The van der Waals surface area contributed by atoms with Gasteiger partial charge in [-0.25, -0.2) is 9.78 Å². The van der Waals surface area contributed by atoms with Gasteiger partial charge in [-0.3, -0.25) is 0 Å². The molecule has 3 nitrogen and oxygen atoms in total. The van der Waals surface area contributed by atoms with Crippen molar-refractivity contribution in [1.29, 1.82) is 0 Å². The topological polar surface area (TPSA) is 39.2 Å². The molecule has 0 aliphatic carbocycles. The molecule has 0 fully saturated rings. The third kappa shape index (κ3) is 2.11. The fraction of sp³-hybridized carbons (Fsp3) is 0. The summed E-state index contributed by atoms with van der Waals surface area (Å²) in [5.41, 5.74) is 0. The normalized spacial score (nSPS) is 8.27. The van der Waals surface area contributed by atoms with Crippen molar-refractivity contribution in [3.63, 3.8) is 0 Å². The molecular formula is C8H5NO2. The lowest BCUT2D eigenvalue weighted by atomic mass is 10.5. The van der Waals surface area contributed by atoms with Gasteiger partial charge < -0.3 is 4.74 Å². The van der Waals surface area contributed by atoms with Crippen molar-refractivity contribution >= 4 is 5.97 Å². The number of carbonyl (C=O) groups excluding carboxylic acids is 1. The van der Waals surface area contributed by atoms with Crippen molar-refractivity contribution in [1.82, 2.24) is 4.98 Å².